The number of aryl methyl sites for hydroxylation is 1. The molecule has 1 atom stereocenters. The van der Waals surface area contributed by atoms with Gasteiger partial charge in [0.25, 0.3) is 0 Å². The second-order valence-corrected chi connectivity index (χ2v) is 9.38. The number of rotatable bonds is 7. The Labute approximate surface area is 185 Å². The molecule has 1 N–H and O–H groups in total. The average Bonchev–Trinajstić information content (AvgIpc) is 3.38. The van der Waals surface area contributed by atoms with E-state index in [1.54, 1.807) is 18.3 Å². The Kier molecular flexibility index (Phi) is 5.44. The number of nitrogens with zero attached hydrogens (tertiary/aromatic N) is 6. The molecule has 2 heterocycles. The van der Waals surface area contributed by atoms with Crippen molar-refractivity contribution < 1.29 is 8.42 Å². The molecule has 9 nitrogen and oxygen atoms in total. The predicted octanol–water partition coefficient (Wildman–Crippen LogP) is 3.27. The summed E-state index contributed by atoms with van der Waals surface area (Å²) in [5.74, 6) is 0.491. The molecule has 0 saturated heterocycles. The van der Waals surface area contributed by atoms with Crippen LogP contribution in [0.4, 0.5) is 5.69 Å². The number of aromatic nitrogens is 6. The van der Waals surface area contributed by atoms with Crippen LogP contribution in [-0.4, -0.2) is 44.7 Å². The van der Waals surface area contributed by atoms with Gasteiger partial charge in [-0.25, -0.2) is 13.1 Å². The Balaban J connectivity index is 2.01. The molecule has 0 radical (unpaired) electrons. The minimum Gasteiger partial charge on any atom is -0.283 e. The maximum Gasteiger partial charge on any atom is 0.229 e. The summed E-state index contributed by atoms with van der Waals surface area (Å²) >= 11 is 6.14. The summed E-state index contributed by atoms with van der Waals surface area (Å²) in [5, 5.41) is 19.1. The van der Waals surface area contributed by atoms with Gasteiger partial charge in [0.05, 0.1) is 30.2 Å². The van der Waals surface area contributed by atoms with Crippen LogP contribution in [0.2, 0.25) is 5.02 Å². The van der Waals surface area contributed by atoms with Crippen LogP contribution in [0.1, 0.15) is 31.7 Å². The van der Waals surface area contributed by atoms with Crippen molar-refractivity contribution in [3.8, 4) is 0 Å². The summed E-state index contributed by atoms with van der Waals surface area (Å²) in [5.41, 5.74) is 1.21. The molecular formula is C20H22ClN7O2S. The van der Waals surface area contributed by atoms with Crippen LogP contribution >= 0.6 is 11.6 Å². The van der Waals surface area contributed by atoms with Crippen molar-refractivity contribution in [3.63, 3.8) is 0 Å². The van der Waals surface area contributed by atoms with Gasteiger partial charge < -0.3 is 0 Å². The van der Waals surface area contributed by atoms with Gasteiger partial charge in [0, 0.05) is 10.4 Å². The summed E-state index contributed by atoms with van der Waals surface area (Å²) in [6.07, 6.45) is 3.34. The van der Waals surface area contributed by atoms with Crippen LogP contribution in [-0.2, 0) is 22.1 Å². The molecule has 0 bridgehead atoms. The molecule has 0 spiro atoms. The highest BCUT2D eigenvalue weighted by atomic mass is 35.5. The Bertz CT molecular complexity index is 1330. The highest BCUT2D eigenvalue weighted by Crippen LogP contribution is 2.38. The number of sulfonamides is 1. The third-order valence-corrected chi connectivity index (χ3v) is 6.05. The monoisotopic (exact) mass is 459 g/mol. The maximum atomic E-state index is 11.8. The van der Waals surface area contributed by atoms with Gasteiger partial charge in [-0.15, -0.1) is 10.2 Å². The minimum atomic E-state index is -3.45. The Morgan fingerprint density at radius 3 is 2.48 bits per heavy atom. The second kappa shape index (κ2) is 7.93. The Morgan fingerprint density at radius 1 is 1.13 bits per heavy atom. The van der Waals surface area contributed by atoms with Crippen LogP contribution in [0.25, 0.3) is 10.9 Å². The molecule has 0 aliphatic carbocycles. The fourth-order valence-electron chi connectivity index (χ4n) is 3.77. The lowest BCUT2D eigenvalue weighted by molar-refractivity contribution is 0.363. The van der Waals surface area contributed by atoms with E-state index in [1.165, 1.54) is 4.80 Å². The van der Waals surface area contributed by atoms with Crippen LogP contribution in [0.15, 0.2) is 48.7 Å². The van der Waals surface area contributed by atoms with Gasteiger partial charge in [0.15, 0.2) is 5.54 Å². The normalized spacial score (nSPS) is 13.9. The minimum absolute atomic E-state index is 0.456. The maximum absolute atomic E-state index is 11.8. The van der Waals surface area contributed by atoms with Gasteiger partial charge in [-0.2, -0.15) is 9.90 Å². The van der Waals surface area contributed by atoms with E-state index in [-0.39, 0.29) is 0 Å². The largest absolute Gasteiger partial charge is 0.283 e. The van der Waals surface area contributed by atoms with Crippen molar-refractivity contribution in [2.45, 2.75) is 32.4 Å². The van der Waals surface area contributed by atoms with Crippen LogP contribution < -0.4 is 4.72 Å². The summed E-state index contributed by atoms with van der Waals surface area (Å²) in [6, 6.07) is 12.8. The lowest BCUT2D eigenvalue weighted by atomic mass is 9.86. The summed E-state index contributed by atoms with van der Waals surface area (Å²) < 4.78 is 28.1. The fraction of sp³-hybridized carbons (Fsp3) is 0.300. The van der Waals surface area contributed by atoms with Gasteiger partial charge >= 0.3 is 0 Å². The smallest absolute Gasteiger partial charge is 0.229 e. The summed E-state index contributed by atoms with van der Waals surface area (Å²) in [7, 11) is -3.45. The molecule has 31 heavy (non-hydrogen) atoms. The third kappa shape index (κ3) is 3.77. The molecule has 4 aromatic rings. The predicted molar refractivity (Wildman–Crippen MR) is 120 cm³/mol. The third-order valence-electron chi connectivity index (χ3n) is 5.21. The average molecular weight is 460 g/mol. The standard InChI is InChI=1S/C20H22ClN7O2S/c1-4-20(14-9-11-15(21)12-10-14,19-23-26-27(5-2)24-19)28-18-8-6-7-17(16(18)13-22-28)25-31(3,29)30/h6-13,25H,4-5H2,1-3H3. The summed E-state index contributed by atoms with van der Waals surface area (Å²) in [4.78, 5) is 1.53. The number of hydrogen-bond acceptors (Lipinski definition) is 6. The molecule has 2 aromatic heterocycles. The topological polar surface area (TPSA) is 108 Å². The van der Waals surface area contributed by atoms with E-state index in [2.05, 4.69) is 25.2 Å². The molecule has 4 rings (SSSR count). The van der Waals surface area contributed by atoms with Crippen LogP contribution in [0, 0.1) is 0 Å². The second-order valence-electron chi connectivity index (χ2n) is 7.19. The van der Waals surface area contributed by atoms with E-state index < -0.39 is 15.6 Å². The first-order chi connectivity index (χ1) is 14.8. The first-order valence-corrected chi connectivity index (χ1v) is 12.0. The molecule has 1 unspecified atom stereocenters. The molecule has 0 saturated carbocycles. The van der Waals surface area contributed by atoms with Crippen molar-refractivity contribution in [1.82, 2.24) is 30.0 Å². The SMILES string of the molecule is CCn1nnc(C(CC)(c2ccc(Cl)cc2)n2ncc3c(NS(C)(=O)=O)cccc32)n1. The van der Waals surface area contributed by atoms with Crippen LogP contribution in [0.3, 0.4) is 0 Å². The summed E-state index contributed by atoms with van der Waals surface area (Å²) in [6.45, 7) is 4.54. The highest BCUT2D eigenvalue weighted by Gasteiger charge is 2.41. The molecular weight excluding hydrogens is 438 g/mol. The van der Waals surface area contributed by atoms with Gasteiger partial charge in [-0.05, 0) is 48.4 Å². The van der Waals surface area contributed by atoms with E-state index in [9.17, 15) is 8.42 Å². The van der Waals surface area contributed by atoms with E-state index >= 15 is 0 Å². The zero-order valence-corrected chi connectivity index (χ0v) is 18.9. The quantitative estimate of drug-likeness (QED) is 0.454. The number of halogens is 1. The molecule has 0 aliphatic rings. The Hall–Kier alpha value is -2.98. The van der Waals surface area contributed by atoms with Crippen molar-refractivity contribution >= 4 is 38.2 Å². The van der Waals surface area contributed by atoms with Gasteiger partial charge in [0.2, 0.25) is 15.8 Å². The highest BCUT2D eigenvalue weighted by molar-refractivity contribution is 7.92. The molecule has 2 aromatic carbocycles. The van der Waals surface area contributed by atoms with Crippen molar-refractivity contribution in [3.05, 3.63) is 65.1 Å². The van der Waals surface area contributed by atoms with Gasteiger partial charge in [-0.1, -0.05) is 36.7 Å². The molecule has 0 fully saturated rings. The zero-order valence-electron chi connectivity index (χ0n) is 17.3. The number of anilines is 1. The zero-order chi connectivity index (χ0) is 22.2. The fourth-order valence-corrected chi connectivity index (χ4v) is 4.47. The van der Waals surface area contributed by atoms with Crippen molar-refractivity contribution in [2.24, 2.45) is 0 Å². The number of fused-ring (bicyclic) bond motifs is 1. The first-order valence-electron chi connectivity index (χ1n) is 9.78. The van der Waals surface area contributed by atoms with E-state index in [0.29, 0.717) is 34.9 Å². The first kappa shape index (κ1) is 21.3. The number of tetrazole rings is 1. The molecule has 11 heteroatoms. The lowest BCUT2D eigenvalue weighted by Gasteiger charge is -2.31. The van der Waals surface area contributed by atoms with E-state index in [4.69, 9.17) is 11.6 Å². The number of benzene rings is 2. The lowest BCUT2D eigenvalue weighted by Crippen LogP contribution is -2.38. The van der Waals surface area contributed by atoms with E-state index in [0.717, 1.165) is 17.3 Å². The van der Waals surface area contributed by atoms with Crippen LogP contribution in [0.5, 0.6) is 0 Å². The number of nitrogens with one attached hydrogen (secondary N) is 1. The van der Waals surface area contributed by atoms with Crippen molar-refractivity contribution in [2.75, 3.05) is 11.0 Å². The van der Waals surface area contributed by atoms with Gasteiger partial charge in [0.1, 0.15) is 0 Å². The molecule has 0 amide bonds. The van der Waals surface area contributed by atoms with Crippen molar-refractivity contribution in [1.29, 1.82) is 0 Å². The van der Waals surface area contributed by atoms with E-state index in [1.807, 2.05) is 48.9 Å². The molecule has 162 valence electrons. The van der Waals surface area contributed by atoms with Gasteiger partial charge in [-0.3, -0.25) is 4.72 Å². The number of hydrogen-bond donors (Lipinski definition) is 1. The Morgan fingerprint density at radius 2 is 1.87 bits per heavy atom. The molecule has 0 aliphatic heterocycles.